The van der Waals surface area contributed by atoms with Crippen molar-refractivity contribution in [2.75, 3.05) is 18.1 Å². The second-order valence-electron chi connectivity index (χ2n) is 3.02. The van der Waals surface area contributed by atoms with Gasteiger partial charge in [-0.25, -0.2) is 0 Å². The summed E-state index contributed by atoms with van der Waals surface area (Å²) in [6.45, 7) is 7.37. The van der Waals surface area contributed by atoms with Gasteiger partial charge in [-0.2, -0.15) is 11.8 Å². The first-order valence-corrected chi connectivity index (χ1v) is 6.17. The lowest BCUT2D eigenvalue weighted by atomic mass is 10.2. The highest BCUT2D eigenvalue weighted by Gasteiger charge is 1.98. The van der Waals surface area contributed by atoms with Gasteiger partial charge in [-0.1, -0.05) is 6.92 Å². The van der Waals surface area contributed by atoms with Crippen LogP contribution in [0.25, 0.3) is 0 Å². The minimum atomic E-state index is 0.637. The first-order chi connectivity index (χ1) is 6.31. The Kier molecular flexibility index (Phi) is 9.85. The fraction of sp³-hybridized carbons (Fsp3) is 0.818. The fourth-order valence-corrected chi connectivity index (χ4v) is 1.82. The maximum absolute atomic E-state index is 3.46. The van der Waals surface area contributed by atoms with Crippen molar-refractivity contribution in [3.63, 3.8) is 0 Å². The second kappa shape index (κ2) is 9.95. The molecule has 2 heteroatoms. The molecule has 1 atom stereocenters. The summed E-state index contributed by atoms with van der Waals surface area (Å²) in [5.41, 5.74) is 0. The summed E-state index contributed by atoms with van der Waals surface area (Å²) in [4.78, 5) is 0. The Balaban J connectivity index is 3.17. The van der Waals surface area contributed by atoms with E-state index in [4.69, 9.17) is 0 Å². The Morgan fingerprint density at radius 1 is 1.46 bits per heavy atom. The topological polar surface area (TPSA) is 12.0 Å². The molecule has 0 aromatic rings. The van der Waals surface area contributed by atoms with Gasteiger partial charge < -0.3 is 5.32 Å². The van der Waals surface area contributed by atoms with Crippen LogP contribution in [0.5, 0.6) is 0 Å². The molecular weight excluding hydrogens is 178 g/mol. The largest absolute Gasteiger partial charge is 0.313 e. The van der Waals surface area contributed by atoms with E-state index in [1.807, 2.05) is 18.7 Å². The van der Waals surface area contributed by atoms with E-state index < -0.39 is 0 Å². The van der Waals surface area contributed by atoms with Gasteiger partial charge in [0.05, 0.1) is 0 Å². The summed E-state index contributed by atoms with van der Waals surface area (Å²) in [7, 11) is 0. The van der Waals surface area contributed by atoms with Crippen LogP contribution in [0.1, 0.15) is 33.6 Å². The number of thioether (sulfide) groups is 1. The predicted octanol–water partition coefficient (Wildman–Crippen LogP) is 2.52. The van der Waals surface area contributed by atoms with Crippen molar-refractivity contribution in [2.24, 2.45) is 0 Å². The maximum Gasteiger partial charge on any atom is 0.0214 e. The summed E-state index contributed by atoms with van der Waals surface area (Å²) in [5.74, 6) is 8.45. The molecule has 0 saturated carbocycles. The molecule has 13 heavy (non-hydrogen) atoms. The third kappa shape index (κ3) is 9.79. The van der Waals surface area contributed by atoms with Crippen molar-refractivity contribution in [1.29, 1.82) is 0 Å². The lowest BCUT2D eigenvalue weighted by Gasteiger charge is -2.11. The van der Waals surface area contributed by atoms with E-state index in [9.17, 15) is 0 Å². The molecular formula is C11H21NS. The highest BCUT2D eigenvalue weighted by Crippen LogP contribution is 2.03. The lowest BCUT2D eigenvalue weighted by Crippen LogP contribution is -2.27. The van der Waals surface area contributed by atoms with Crippen LogP contribution in [-0.2, 0) is 0 Å². The SMILES string of the molecule is CC#CCCNC(C)CCSCC. The summed E-state index contributed by atoms with van der Waals surface area (Å²) in [6.07, 6.45) is 2.24. The van der Waals surface area contributed by atoms with Crippen LogP contribution in [0.2, 0.25) is 0 Å². The number of hydrogen-bond acceptors (Lipinski definition) is 2. The molecule has 0 fully saturated rings. The molecule has 0 aromatic carbocycles. The van der Waals surface area contributed by atoms with E-state index in [1.165, 1.54) is 17.9 Å². The Labute approximate surface area is 87.1 Å². The van der Waals surface area contributed by atoms with Crippen LogP contribution in [0.3, 0.4) is 0 Å². The van der Waals surface area contributed by atoms with Gasteiger partial charge in [0.2, 0.25) is 0 Å². The minimum Gasteiger partial charge on any atom is -0.313 e. The standard InChI is InChI=1S/C11H21NS/c1-4-6-7-9-12-11(3)8-10-13-5-2/h11-12H,5,7-10H2,1-3H3. The Morgan fingerprint density at radius 2 is 2.23 bits per heavy atom. The molecule has 76 valence electrons. The third-order valence-corrected chi connectivity index (χ3v) is 2.75. The van der Waals surface area contributed by atoms with Crippen LogP contribution in [0.15, 0.2) is 0 Å². The average Bonchev–Trinajstić information content (AvgIpc) is 2.13. The maximum atomic E-state index is 3.46. The summed E-state index contributed by atoms with van der Waals surface area (Å²) in [5, 5.41) is 3.46. The molecule has 0 heterocycles. The molecule has 0 aliphatic carbocycles. The van der Waals surface area contributed by atoms with Gasteiger partial charge in [0.25, 0.3) is 0 Å². The zero-order valence-electron chi connectivity index (χ0n) is 9.02. The number of rotatable bonds is 7. The van der Waals surface area contributed by atoms with Crippen LogP contribution in [-0.4, -0.2) is 24.1 Å². The molecule has 0 aromatic heterocycles. The molecule has 0 amide bonds. The van der Waals surface area contributed by atoms with Crippen LogP contribution in [0, 0.1) is 11.8 Å². The van der Waals surface area contributed by atoms with E-state index in [0.29, 0.717) is 6.04 Å². The van der Waals surface area contributed by atoms with Crippen LogP contribution < -0.4 is 5.32 Å². The van der Waals surface area contributed by atoms with Gasteiger partial charge in [0, 0.05) is 19.0 Å². The van der Waals surface area contributed by atoms with Gasteiger partial charge in [-0.3, -0.25) is 0 Å². The predicted molar refractivity (Wildman–Crippen MR) is 63.1 cm³/mol. The van der Waals surface area contributed by atoms with E-state index in [2.05, 4.69) is 31.0 Å². The minimum absolute atomic E-state index is 0.637. The highest BCUT2D eigenvalue weighted by atomic mass is 32.2. The molecule has 1 N–H and O–H groups in total. The normalized spacial score (nSPS) is 11.9. The van der Waals surface area contributed by atoms with Gasteiger partial charge in [-0.15, -0.1) is 11.8 Å². The lowest BCUT2D eigenvalue weighted by molar-refractivity contribution is 0.546. The zero-order chi connectivity index (χ0) is 9.94. The average molecular weight is 199 g/mol. The Bertz CT molecular complexity index is 157. The van der Waals surface area contributed by atoms with Crippen LogP contribution >= 0.6 is 11.8 Å². The van der Waals surface area contributed by atoms with E-state index in [0.717, 1.165) is 13.0 Å². The van der Waals surface area contributed by atoms with Gasteiger partial charge >= 0.3 is 0 Å². The zero-order valence-corrected chi connectivity index (χ0v) is 9.84. The van der Waals surface area contributed by atoms with Crippen molar-refractivity contribution in [2.45, 2.75) is 39.7 Å². The Morgan fingerprint density at radius 3 is 2.85 bits per heavy atom. The second-order valence-corrected chi connectivity index (χ2v) is 4.41. The summed E-state index contributed by atoms with van der Waals surface area (Å²) >= 11 is 2.01. The molecule has 1 nitrogen and oxygen atoms in total. The van der Waals surface area contributed by atoms with Gasteiger partial charge in [0.1, 0.15) is 0 Å². The molecule has 0 radical (unpaired) electrons. The number of hydrogen-bond donors (Lipinski definition) is 1. The van der Waals surface area contributed by atoms with E-state index in [-0.39, 0.29) is 0 Å². The number of nitrogens with one attached hydrogen (secondary N) is 1. The highest BCUT2D eigenvalue weighted by molar-refractivity contribution is 7.99. The summed E-state index contributed by atoms with van der Waals surface area (Å²) < 4.78 is 0. The van der Waals surface area contributed by atoms with E-state index >= 15 is 0 Å². The molecule has 0 spiro atoms. The molecule has 1 unspecified atom stereocenters. The van der Waals surface area contributed by atoms with Crippen LogP contribution in [0.4, 0.5) is 0 Å². The van der Waals surface area contributed by atoms with Crippen molar-refractivity contribution >= 4 is 11.8 Å². The fourth-order valence-electron chi connectivity index (χ4n) is 1.01. The molecule has 0 rings (SSSR count). The van der Waals surface area contributed by atoms with Crippen molar-refractivity contribution in [1.82, 2.24) is 5.32 Å². The van der Waals surface area contributed by atoms with E-state index in [1.54, 1.807) is 0 Å². The van der Waals surface area contributed by atoms with Crippen molar-refractivity contribution in [3.8, 4) is 11.8 Å². The first kappa shape index (κ1) is 12.9. The molecule has 0 bridgehead atoms. The first-order valence-electron chi connectivity index (χ1n) is 5.02. The van der Waals surface area contributed by atoms with Crippen molar-refractivity contribution < 1.29 is 0 Å². The molecule has 0 saturated heterocycles. The molecule has 0 aliphatic rings. The van der Waals surface area contributed by atoms with Gasteiger partial charge in [-0.05, 0) is 31.8 Å². The van der Waals surface area contributed by atoms with Gasteiger partial charge in [0.15, 0.2) is 0 Å². The quantitative estimate of drug-likeness (QED) is 0.499. The van der Waals surface area contributed by atoms with Crippen molar-refractivity contribution in [3.05, 3.63) is 0 Å². The smallest absolute Gasteiger partial charge is 0.0214 e. The Hall–Kier alpha value is -0.130. The monoisotopic (exact) mass is 199 g/mol. The third-order valence-electron chi connectivity index (χ3n) is 1.82. The summed E-state index contributed by atoms with van der Waals surface area (Å²) in [6, 6.07) is 0.637. The molecule has 0 aliphatic heterocycles.